The van der Waals surface area contributed by atoms with E-state index in [1.165, 1.54) is 34.9 Å². The van der Waals surface area contributed by atoms with Gasteiger partial charge in [0.25, 0.3) is 10.1 Å². The van der Waals surface area contributed by atoms with Crippen LogP contribution in [0.1, 0.15) is 54.1 Å². The number of primary sulfonamides is 1. The Hall–Kier alpha value is -3.33. The predicted molar refractivity (Wildman–Crippen MR) is 176 cm³/mol. The molecule has 3 aliphatic rings. The van der Waals surface area contributed by atoms with Gasteiger partial charge in [0.1, 0.15) is 5.25 Å². The average molecular weight is 655 g/mol. The van der Waals surface area contributed by atoms with Crippen LogP contribution in [-0.2, 0) is 33.0 Å². The maximum Gasteiger partial charge on any atom is 0.269 e. The highest BCUT2D eigenvalue weighted by Gasteiger charge is 2.51. The Kier molecular flexibility index (Phi) is 9.97. The molecule has 6 rings (SSSR count). The normalized spacial score (nSPS) is 24.6. The van der Waals surface area contributed by atoms with Gasteiger partial charge in [-0.25, -0.2) is 18.5 Å². The molecule has 8 N–H and O–H groups in total. The van der Waals surface area contributed by atoms with Gasteiger partial charge in [-0.3, -0.25) is 9.45 Å². The van der Waals surface area contributed by atoms with Crippen LogP contribution < -0.4 is 21.9 Å². The lowest BCUT2D eigenvalue weighted by atomic mass is 9.72. The van der Waals surface area contributed by atoms with Crippen LogP contribution in [0.5, 0.6) is 0 Å². The van der Waals surface area contributed by atoms with E-state index in [0.717, 1.165) is 50.9 Å². The molecule has 0 amide bonds. The molecule has 0 bridgehead atoms. The van der Waals surface area contributed by atoms with Crippen molar-refractivity contribution < 1.29 is 21.4 Å². The van der Waals surface area contributed by atoms with E-state index < -0.39 is 25.4 Å². The second-order valence-electron chi connectivity index (χ2n) is 12.0. The quantitative estimate of drug-likeness (QED) is 0.151. The average Bonchev–Trinajstić information content (AvgIpc) is 3.00. The summed E-state index contributed by atoms with van der Waals surface area (Å²) < 4.78 is 58.3. The molecule has 242 valence electrons. The largest absolute Gasteiger partial charge is 0.370 e. The molecular weight excluding hydrogens is 613 g/mol. The van der Waals surface area contributed by atoms with Gasteiger partial charge in [-0.05, 0) is 78.1 Å². The zero-order valence-electron chi connectivity index (χ0n) is 25.3. The second kappa shape index (κ2) is 13.6. The summed E-state index contributed by atoms with van der Waals surface area (Å²) in [4.78, 5) is 5.97. The van der Waals surface area contributed by atoms with Crippen molar-refractivity contribution in [2.24, 2.45) is 33.4 Å². The lowest BCUT2D eigenvalue weighted by Crippen LogP contribution is -2.56. The molecule has 3 aromatic rings. The maximum absolute atomic E-state index is 12.9. The van der Waals surface area contributed by atoms with E-state index in [1.807, 2.05) is 12.1 Å². The van der Waals surface area contributed by atoms with E-state index in [2.05, 4.69) is 58.5 Å². The molecule has 1 unspecified atom stereocenters. The molecule has 45 heavy (non-hydrogen) atoms. The van der Waals surface area contributed by atoms with Gasteiger partial charge in [0.15, 0.2) is 5.96 Å². The number of sulfonamides is 1. The number of rotatable bonds is 6. The zero-order chi connectivity index (χ0) is 32.4. The molecular formula is C32H42N6O5S2. The van der Waals surface area contributed by atoms with E-state index in [-0.39, 0.29) is 34.8 Å². The van der Waals surface area contributed by atoms with Crippen molar-refractivity contribution in [1.29, 1.82) is 0 Å². The first-order chi connectivity index (χ1) is 21.4. The minimum Gasteiger partial charge on any atom is -0.370 e. The highest BCUT2D eigenvalue weighted by atomic mass is 32.2. The summed E-state index contributed by atoms with van der Waals surface area (Å²) in [6, 6.07) is 22.2. The van der Waals surface area contributed by atoms with Gasteiger partial charge in [0.05, 0.1) is 16.6 Å². The van der Waals surface area contributed by atoms with Crippen molar-refractivity contribution in [3.8, 4) is 0 Å². The summed E-state index contributed by atoms with van der Waals surface area (Å²) in [6.45, 7) is 4.79. The van der Waals surface area contributed by atoms with Crippen molar-refractivity contribution in [2.75, 3.05) is 19.6 Å². The number of guanidine groups is 1. The Morgan fingerprint density at radius 2 is 1.62 bits per heavy atom. The van der Waals surface area contributed by atoms with Gasteiger partial charge in [-0.1, -0.05) is 67.9 Å². The first kappa shape index (κ1) is 33.0. The molecule has 0 saturated carbocycles. The van der Waals surface area contributed by atoms with Crippen LogP contribution in [0.4, 0.5) is 5.69 Å². The summed E-state index contributed by atoms with van der Waals surface area (Å²) in [6.07, 6.45) is 3.58. The number of benzene rings is 3. The van der Waals surface area contributed by atoms with E-state index in [1.54, 1.807) is 6.07 Å². The number of nitrogens with two attached hydrogens (primary N) is 3. The maximum atomic E-state index is 12.9. The summed E-state index contributed by atoms with van der Waals surface area (Å²) in [5.41, 5.74) is 15.5. The summed E-state index contributed by atoms with van der Waals surface area (Å²) in [5.74, 6) is -0.00282. The third-order valence-electron chi connectivity index (χ3n) is 9.24. The minimum absolute atomic E-state index is 0.0278. The molecule has 1 saturated heterocycles. The molecule has 0 spiro atoms. The van der Waals surface area contributed by atoms with Crippen molar-refractivity contribution >= 4 is 31.8 Å². The number of fused-ring (bicyclic) bond motifs is 4. The van der Waals surface area contributed by atoms with Crippen LogP contribution in [0, 0.1) is 11.8 Å². The molecule has 13 heteroatoms. The van der Waals surface area contributed by atoms with Crippen LogP contribution in [0.25, 0.3) is 0 Å². The SMILES string of the molecule is CC[C@H]1CN2CCc3ccccc3[C@@H]2C(S(=O)(=O)O)[C@@H]1C[C@H]1NCCc2ccccc21.NC(N)=Nc1cccc(S(N)(=O)=O)c1. The molecule has 3 aliphatic heterocycles. The van der Waals surface area contributed by atoms with Crippen LogP contribution in [0.2, 0.25) is 0 Å². The molecule has 3 aromatic carbocycles. The number of aliphatic imine (C=N–C) groups is 1. The molecule has 11 nitrogen and oxygen atoms in total. The first-order valence-corrected chi connectivity index (χ1v) is 18.2. The lowest BCUT2D eigenvalue weighted by Gasteiger charge is -2.51. The Morgan fingerprint density at radius 3 is 2.27 bits per heavy atom. The Labute approximate surface area is 265 Å². The molecule has 3 heterocycles. The Morgan fingerprint density at radius 1 is 0.956 bits per heavy atom. The number of piperidine rings is 1. The van der Waals surface area contributed by atoms with Gasteiger partial charge in [-0.2, -0.15) is 8.42 Å². The van der Waals surface area contributed by atoms with E-state index in [9.17, 15) is 21.4 Å². The van der Waals surface area contributed by atoms with Crippen LogP contribution in [0.15, 0.2) is 82.7 Å². The topological polar surface area (TPSA) is 194 Å². The van der Waals surface area contributed by atoms with Crippen LogP contribution >= 0.6 is 0 Å². The Balaban J connectivity index is 0.000000241. The number of hydrogen-bond acceptors (Lipinski definition) is 7. The third-order valence-corrected chi connectivity index (χ3v) is 11.4. The van der Waals surface area contributed by atoms with E-state index in [4.69, 9.17) is 16.6 Å². The smallest absolute Gasteiger partial charge is 0.269 e. The van der Waals surface area contributed by atoms with Crippen molar-refractivity contribution in [2.45, 2.75) is 54.8 Å². The highest BCUT2D eigenvalue weighted by Crippen LogP contribution is 2.48. The van der Waals surface area contributed by atoms with Crippen molar-refractivity contribution in [3.63, 3.8) is 0 Å². The fourth-order valence-corrected chi connectivity index (χ4v) is 9.25. The first-order valence-electron chi connectivity index (χ1n) is 15.2. The van der Waals surface area contributed by atoms with Gasteiger partial charge < -0.3 is 16.8 Å². The van der Waals surface area contributed by atoms with E-state index >= 15 is 0 Å². The van der Waals surface area contributed by atoms with Crippen molar-refractivity contribution in [1.82, 2.24) is 10.2 Å². The zero-order valence-corrected chi connectivity index (χ0v) is 26.9. The van der Waals surface area contributed by atoms with E-state index in [0.29, 0.717) is 5.69 Å². The molecule has 1 fully saturated rings. The summed E-state index contributed by atoms with van der Waals surface area (Å²) in [5, 5.41) is 7.76. The second-order valence-corrected chi connectivity index (χ2v) is 15.1. The van der Waals surface area contributed by atoms with Crippen molar-refractivity contribution in [3.05, 3.63) is 95.1 Å². The van der Waals surface area contributed by atoms with Gasteiger partial charge in [0, 0.05) is 19.1 Å². The van der Waals surface area contributed by atoms with Gasteiger partial charge in [-0.15, -0.1) is 0 Å². The third kappa shape index (κ3) is 7.56. The van der Waals surface area contributed by atoms with Gasteiger partial charge in [0.2, 0.25) is 10.0 Å². The standard InChI is InChI=1S/C25H32N2O3S.C7H10N4O2S/c1-2-17-16-27-14-12-19-8-4-6-10-21(19)24(27)25(31(28,29)30)22(17)15-23-20-9-5-3-7-18(20)11-13-26-23;8-7(9)11-5-2-1-3-6(4-5)14(10,12)13/h3-10,17,22-26H,2,11-16H2,1H3,(H,28,29,30);1-4H,(H4,8,9,11)(H2,10,12,13)/t17-,22+,23+,24+,25?;/m0./s1. The monoisotopic (exact) mass is 654 g/mol. The predicted octanol–water partition coefficient (Wildman–Crippen LogP) is 3.01. The van der Waals surface area contributed by atoms with Crippen LogP contribution in [-0.4, -0.2) is 57.1 Å². The minimum atomic E-state index is -4.23. The number of nitrogens with one attached hydrogen (secondary N) is 1. The summed E-state index contributed by atoms with van der Waals surface area (Å²) >= 11 is 0. The number of hydrogen-bond donors (Lipinski definition) is 5. The molecule has 0 aliphatic carbocycles. The fraction of sp³-hybridized carbons (Fsp3) is 0.406. The lowest BCUT2D eigenvalue weighted by molar-refractivity contribution is 0.0449. The highest BCUT2D eigenvalue weighted by molar-refractivity contribution is 7.89. The Bertz CT molecular complexity index is 1760. The number of nitrogens with zero attached hydrogens (tertiary/aromatic N) is 2. The summed E-state index contributed by atoms with van der Waals surface area (Å²) in [7, 11) is -7.94. The molecule has 0 aromatic heterocycles. The fourth-order valence-electron chi connectivity index (χ4n) is 7.28. The molecule has 0 radical (unpaired) electrons. The van der Waals surface area contributed by atoms with Crippen LogP contribution in [0.3, 0.4) is 0 Å². The van der Waals surface area contributed by atoms with Gasteiger partial charge >= 0.3 is 0 Å². The molecule has 5 atom stereocenters.